The highest BCUT2D eigenvalue weighted by atomic mass is 35.5. The van der Waals surface area contributed by atoms with Gasteiger partial charge in [0, 0.05) is 23.2 Å². The van der Waals surface area contributed by atoms with Gasteiger partial charge >= 0.3 is 0 Å². The van der Waals surface area contributed by atoms with Crippen LogP contribution in [0.15, 0.2) is 42.5 Å². The zero-order chi connectivity index (χ0) is 14.5. The predicted molar refractivity (Wildman–Crippen MR) is 84.3 cm³/mol. The van der Waals surface area contributed by atoms with E-state index in [1.165, 1.54) is 11.1 Å². The molecule has 2 rings (SSSR count). The maximum absolute atomic E-state index is 9.78. The predicted octanol–water partition coefficient (Wildman–Crippen LogP) is 4.07. The summed E-state index contributed by atoms with van der Waals surface area (Å²) in [6.45, 7) is 4.89. The topological polar surface area (TPSA) is 32.3 Å². The second-order valence-electron chi connectivity index (χ2n) is 5.19. The molecule has 0 aliphatic rings. The van der Waals surface area contributed by atoms with Crippen molar-refractivity contribution < 1.29 is 5.11 Å². The summed E-state index contributed by atoms with van der Waals surface area (Å²) in [6, 6.07) is 13.9. The van der Waals surface area contributed by atoms with Crippen molar-refractivity contribution in [2.45, 2.75) is 32.9 Å². The molecule has 0 spiro atoms. The number of benzene rings is 2. The van der Waals surface area contributed by atoms with Crippen LogP contribution < -0.4 is 5.32 Å². The fraction of sp³-hybridized carbons (Fsp3) is 0.294. The van der Waals surface area contributed by atoms with Crippen LogP contribution >= 0.6 is 11.6 Å². The van der Waals surface area contributed by atoms with E-state index >= 15 is 0 Å². The van der Waals surface area contributed by atoms with Gasteiger partial charge in [0.25, 0.3) is 0 Å². The van der Waals surface area contributed by atoms with Gasteiger partial charge in [-0.05, 0) is 49.6 Å². The van der Waals surface area contributed by atoms with Gasteiger partial charge in [0.15, 0.2) is 0 Å². The molecule has 106 valence electrons. The first-order valence-corrected chi connectivity index (χ1v) is 7.19. The number of phenols is 1. The number of hydrogen-bond donors (Lipinski definition) is 2. The summed E-state index contributed by atoms with van der Waals surface area (Å²) in [4.78, 5) is 0. The quantitative estimate of drug-likeness (QED) is 0.869. The van der Waals surface area contributed by atoms with Crippen LogP contribution in [0, 0.1) is 6.92 Å². The van der Waals surface area contributed by atoms with E-state index in [9.17, 15) is 5.11 Å². The highest BCUT2D eigenvalue weighted by Crippen LogP contribution is 2.21. The molecule has 3 heteroatoms. The van der Waals surface area contributed by atoms with Crippen molar-refractivity contribution in [1.29, 1.82) is 0 Å². The van der Waals surface area contributed by atoms with E-state index in [4.69, 9.17) is 11.6 Å². The lowest BCUT2D eigenvalue weighted by Gasteiger charge is -2.16. The van der Waals surface area contributed by atoms with Crippen molar-refractivity contribution in [3.05, 3.63) is 64.2 Å². The Balaban J connectivity index is 1.94. The van der Waals surface area contributed by atoms with Crippen molar-refractivity contribution in [3.63, 3.8) is 0 Å². The van der Waals surface area contributed by atoms with Crippen molar-refractivity contribution in [3.8, 4) is 5.75 Å². The van der Waals surface area contributed by atoms with E-state index in [2.05, 4.69) is 43.4 Å². The Morgan fingerprint density at radius 2 is 1.90 bits per heavy atom. The van der Waals surface area contributed by atoms with Gasteiger partial charge in [0.2, 0.25) is 0 Å². The second-order valence-corrected chi connectivity index (χ2v) is 5.62. The summed E-state index contributed by atoms with van der Waals surface area (Å²) < 4.78 is 0. The van der Waals surface area contributed by atoms with E-state index in [-0.39, 0.29) is 5.75 Å². The Morgan fingerprint density at radius 1 is 1.15 bits per heavy atom. The van der Waals surface area contributed by atoms with E-state index in [1.54, 1.807) is 18.2 Å². The van der Waals surface area contributed by atoms with Crippen molar-refractivity contribution in [2.24, 2.45) is 0 Å². The minimum Gasteiger partial charge on any atom is -0.508 e. The molecule has 0 saturated carbocycles. The summed E-state index contributed by atoms with van der Waals surface area (Å²) in [5.74, 6) is 0.282. The van der Waals surface area contributed by atoms with Gasteiger partial charge in [-0.2, -0.15) is 0 Å². The van der Waals surface area contributed by atoms with E-state index in [0.29, 0.717) is 17.6 Å². The number of aryl methyl sites for hydroxylation is 1. The van der Waals surface area contributed by atoms with Gasteiger partial charge in [-0.15, -0.1) is 0 Å². The van der Waals surface area contributed by atoms with Crippen molar-refractivity contribution in [1.82, 2.24) is 5.32 Å². The van der Waals surface area contributed by atoms with E-state index < -0.39 is 0 Å². The van der Waals surface area contributed by atoms with Crippen LogP contribution in [0.2, 0.25) is 5.02 Å². The molecule has 0 aliphatic carbocycles. The first-order chi connectivity index (χ1) is 9.56. The molecular formula is C17H20ClNO. The highest BCUT2D eigenvalue weighted by Gasteiger charge is 2.07. The fourth-order valence-corrected chi connectivity index (χ4v) is 2.42. The second kappa shape index (κ2) is 6.78. The summed E-state index contributed by atoms with van der Waals surface area (Å²) in [7, 11) is 0. The molecule has 2 aromatic carbocycles. The Hall–Kier alpha value is -1.51. The fourth-order valence-electron chi connectivity index (χ4n) is 2.22. The lowest BCUT2D eigenvalue weighted by atomic mass is 10.0. The van der Waals surface area contributed by atoms with Gasteiger partial charge in [-0.3, -0.25) is 0 Å². The van der Waals surface area contributed by atoms with Gasteiger partial charge in [0.1, 0.15) is 5.75 Å². The maximum Gasteiger partial charge on any atom is 0.120 e. The third kappa shape index (κ3) is 3.99. The minimum absolute atomic E-state index is 0.282. The monoisotopic (exact) mass is 289 g/mol. The molecule has 0 heterocycles. The molecule has 0 aliphatic heterocycles. The van der Waals surface area contributed by atoms with Crippen LogP contribution in [0.3, 0.4) is 0 Å². The number of nitrogens with one attached hydrogen (secondary N) is 1. The molecule has 2 N–H and O–H groups in total. The van der Waals surface area contributed by atoms with Gasteiger partial charge in [-0.25, -0.2) is 0 Å². The average molecular weight is 290 g/mol. The number of phenolic OH excluding ortho intramolecular Hbond substituents is 1. The molecule has 2 aromatic rings. The summed E-state index contributed by atoms with van der Waals surface area (Å²) >= 11 is 5.94. The Morgan fingerprint density at radius 3 is 2.65 bits per heavy atom. The third-order valence-electron chi connectivity index (χ3n) is 3.47. The number of hydrogen-bond acceptors (Lipinski definition) is 2. The number of halogens is 1. The van der Waals surface area contributed by atoms with E-state index in [0.717, 1.165) is 12.0 Å². The Bertz CT molecular complexity index is 583. The third-order valence-corrected chi connectivity index (χ3v) is 3.70. The first kappa shape index (κ1) is 14.9. The molecule has 0 amide bonds. The zero-order valence-electron chi connectivity index (χ0n) is 11.9. The van der Waals surface area contributed by atoms with Gasteiger partial charge < -0.3 is 10.4 Å². The molecule has 0 saturated heterocycles. The molecule has 2 nitrogen and oxygen atoms in total. The standard InChI is InChI=1S/C17H20ClNO/c1-12-5-3-4-6-14(12)9-13(2)19-11-15-10-16(18)7-8-17(15)20/h3-8,10,13,19-20H,9,11H2,1-2H3. The molecule has 0 bridgehead atoms. The normalized spacial score (nSPS) is 12.3. The molecule has 20 heavy (non-hydrogen) atoms. The summed E-state index contributed by atoms with van der Waals surface area (Å²) in [5.41, 5.74) is 3.49. The van der Waals surface area contributed by atoms with Crippen LogP contribution in [0.4, 0.5) is 0 Å². The van der Waals surface area contributed by atoms with Crippen molar-refractivity contribution >= 4 is 11.6 Å². The maximum atomic E-state index is 9.78. The molecular weight excluding hydrogens is 270 g/mol. The minimum atomic E-state index is 0.282. The van der Waals surface area contributed by atoms with E-state index in [1.807, 2.05) is 0 Å². The average Bonchev–Trinajstić information content (AvgIpc) is 2.42. The number of aromatic hydroxyl groups is 1. The van der Waals surface area contributed by atoms with Crippen LogP contribution in [0.5, 0.6) is 5.75 Å². The molecule has 1 atom stereocenters. The highest BCUT2D eigenvalue weighted by molar-refractivity contribution is 6.30. The van der Waals surface area contributed by atoms with Crippen LogP contribution in [-0.2, 0) is 13.0 Å². The Kier molecular flexibility index (Phi) is 5.05. The SMILES string of the molecule is Cc1ccccc1CC(C)NCc1cc(Cl)ccc1O. The van der Waals surface area contributed by atoms with Crippen LogP contribution in [-0.4, -0.2) is 11.1 Å². The van der Waals surface area contributed by atoms with Crippen LogP contribution in [0.1, 0.15) is 23.6 Å². The first-order valence-electron chi connectivity index (χ1n) is 6.81. The van der Waals surface area contributed by atoms with Gasteiger partial charge in [0.05, 0.1) is 0 Å². The zero-order valence-corrected chi connectivity index (χ0v) is 12.6. The Labute approximate surface area is 125 Å². The summed E-state index contributed by atoms with van der Waals surface area (Å²) in [5, 5.41) is 13.9. The molecule has 0 aromatic heterocycles. The number of rotatable bonds is 5. The lowest BCUT2D eigenvalue weighted by molar-refractivity contribution is 0.458. The summed E-state index contributed by atoms with van der Waals surface area (Å²) in [6.07, 6.45) is 0.966. The molecule has 0 radical (unpaired) electrons. The largest absolute Gasteiger partial charge is 0.508 e. The van der Waals surface area contributed by atoms with Gasteiger partial charge in [-0.1, -0.05) is 35.9 Å². The van der Waals surface area contributed by atoms with Crippen molar-refractivity contribution in [2.75, 3.05) is 0 Å². The smallest absolute Gasteiger partial charge is 0.120 e. The molecule has 1 unspecified atom stereocenters. The van der Waals surface area contributed by atoms with Crippen LogP contribution in [0.25, 0.3) is 0 Å². The molecule has 0 fully saturated rings. The lowest BCUT2D eigenvalue weighted by Crippen LogP contribution is -2.27.